The van der Waals surface area contributed by atoms with Crippen molar-refractivity contribution in [3.05, 3.63) is 29.8 Å². The molecule has 1 aromatic rings. The van der Waals surface area contributed by atoms with Gasteiger partial charge in [0.2, 0.25) is 11.8 Å². The highest BCUT2D eigenvalue weighted by molar-refractivity contribution is 8.00. The molecule has 0 radical (unpaired) electrons. The van der Waals surface area contributed by atoms with Crippen LogP contribution in [0.5, 0.6) is 0 Å². The minimum absolute atomic E-state index is 0.0872. The summed E-state index contributed by atoms with van der Waals surface area (Å²) in [4.78, 5) is 26.3. The monoisotopic (exact) mass is 292 g/mol. The van der Waals surface area contributed by atoms with Crippen molar-refractivity contribution in [2.75, 3.05) is 18.8 Å². The molecule has 0 aromatic heterocycles. The van der Waals surface area contributed by atoms with E-state index in [-0.39, 0.29) is 17.7 Å². The Balaban J connectivity index is 1.89. The lowest BCUT2D eigenvalue weighted by Crippen LogP contribution is -2.44. The fourth-order valence-corrected chi connectivity index (χ4v) is 3.32. The summed E-state index contributed by atoms with van der Waals surface area (Å²) in [7, 11) is 0. The van der Waals surface area contributed by atoms with E-state index in [1.54, 1.807) is 16.7 Å². The van der Waals surface area contributed by atoms with Crippen molar-refractivity contribution in [2.24, 2.45) is 11.7 Å². The second-order valence-electron chi connectivity index (χ2n) is 5.14. The first-order valence-electron chi connectivity index (χ1n) is 6.83. The Hall–Kier alpha value is -1.49. The Morgan fingerprint density at radius 1 is 1.40 bits per heavy atom. The second kappa shape index (κ2) is 6.79. The minimum Gasteiger partial charge on any atom is -0.369 e. The van der Waals surface area contributed by atoms with Crippen LogP contribution in [0.2, 0.25) is 0 Å². The molecule has 2 amide bonds. The Morgan fingerprint density at radius 2 is 2.15 bits per heavy atom. The number of amides is 2. The predicted octanol–water partition coefficient (Wildman–Crippen LogP) is 1.81. The van der Waals surface area contributed by atoms with Crippen LogP contribution in [0, 0.1) is 12.8 Å². The number of likely N-dealkylation sites (tertiary alicyclic amines) is 1. The molecular weight excluding hydrogens is 272 g/mol. The van der Waals surface area contributed by atoms with Crippen LogP contribution in [-0.2, 0) is 9.59 Å². The number of aryl methyl sites for hydroxylation is 1. The Labute approximate surface area is 123 Å². The number of primary amides is 1. The number of carbonyl (C=O) groups is 2. The summed E-state index contributed by atoms with van der Waals surface area (Å²) < 4.78 is 0. The molecule has 1 heterocycles. The second-order valence-corrected chi connectivity index (χ2v) is 6.15. The molecule has 1 aliphatic rings. The Kier molecular flexibility index (Phi) is 5.06. The average Bonchev–Trinajstić information content (AvgIpc) is 2.46. The Morgan fingerprint density at radius 3 is 2.85 bits per heavy atom. The third-order valence-electron chi connectivity index (χ3n) is 3.62. The number of rotatable bonds is 4. The molecule has 5 heteroatoms. The van der Waals surface area contributed by atoms with Crippen molar-refractivity contribution in [2.45, 2.75) is 24.7 Å². The van der Waals surface area contributed by atoms with Gasteiger partial charge in [-0.25, -0.2) is 0 Å². The van der Waals surface area contributed by atoms with Crippen molar-refractivity contribution in [3.63, 3.8) is 0 Å². The molecular formula is C15H20N2O2S. The molecule has 2 rings (SSSR count). The molecule has 1 saturated heterocycles. The molecule has 1 unspecified atom stereocenters. The van der Waals surface area contributed by atoms with Gasteiger partial charge in [0, 0.05) is 18.0 Å². The SMILES string of the molecule is Cc1ccccc1SCC(=O)N1CCCC(C(N)=O)C1. The minimum atomic E-state index is -0.297. The normalized spacial score (nSPS) is 18.9. The van der Waals surface area contributed by atoms with Gasteiger partial charge in [-0.2, -0.15) is 0 Å². The smallest absolute Gasteiger partial charge is 0.232 e. The lowest BCUT2D eigenvalue weighted by atomic mass is 9.97. The van der Waals surface area contributed by atoms with Crippen LogP contribution in [0.3, 0.4) is 0 Å². The third-order valence-corrected chi connectivity index (χ3v) is 4.78. The van der Waals surface area contributed by atoms with Crippen LogP contribution >= 0.6 is 11.8 Å². The van der Waals surface area contributed by atoms with Crippen LogP contribution < -0.4 is 5.73 Å². The van der Waals surface area contributed by atoms with Crippen LogP contribution in [0.15, 0.2) is 29.2 Å². The molecule has 1 aromatic carbocycles. The zero-order valence-corrected chi connectivity index (χ0v) is 12.5. The highest BCUT2D eigenvalue weighted by atomic mass is 32.2. The molecule has 0 aliphatic carbocycles. The molecule has 0 bridgehead atoms. The van der Waals surface area contributed by atoms with Crippen molar-refractivity contribution in [1.29, 1.82) is 0 Å². The predicted molar refractivity (Wildman–Crippen MR) is 80.4 cm³/mol. The van der Waals surface area contributed by atoms with Gasteiger partial charge in [-0.15, -0.1) is 11.8 Å². The number of benzene rings is 1. The van der Waals surface area contributed by atoms with Crippen molar-refractivity contribution in [3.8, 4) is 0 Å². The Bertz CT molecular complexity index is 504. The zero-order valence-electron chi connectivity index (χ0n) is 11.7. The standard InChI is InChI=1S/C15H20N2O2S/c1-11-5-2-3-7-13(11)20-10-14(18)17-8-4-6-12(9-17)15(16)19/h2-3,5,7,12H,4,6,8-10H2,1H3,(H2,16,19). The molecule has 1 aliphatic heterocycles. The molecule has 108 valence electrons. The summed E-state index contributed by atoms with van der Waals surface area (Å²) in [6.07, 6.45) is 1.65. The molecule has 0 spiro atoms. The van der Waals surface area contributed by atoms with E-state index in [0.29, 0.717) is 12.3 Å². The lowest BCUT2D eigenvalue weighted by molar-refractivity contribution is -0.132. The van der Waals surface area contributed by atoms with E-state index < -0.39 is 0 Å². The van der Waals surface area contributed by atoms with Crippen molar-refractivity contribution >= 4 is 23.6 Å². The van der Waals surface area contributed by atoms with E-state index in [1.807, 2.05) is 31.2 Å². The number of nitrogens with zero attached hydrogens (tertiary/aromatic N) is 1. The van der Waals surface area contributed by atoms with Gasteiger partial charge in [0.25, 0.3) is 0 Å². The maximum absolute atomic E-state index is 12.2. The lowest BCUT2D eigenvalue weighted by Gasteiger charge is -2.31. The van der Waals surface area contributed by atoms with Crippen LogP contribution in [0.4, 0.5) is 0 Å². The van der Waals surface area contributed by atoms with Gasteiger partial charge in [-0.1, -0.05) is 18.2 Å². The summed E-state index contributed by atoms with van der Waals surface area (Å²) in [6, 6.07) is 8.03. The maximum Gasteiger partial charge on any atom is 0.232 e. The number of hydrogen-bond donors (Lipinski definition) is 1. The fraction of sp³-hybridized carbons (Fsp3) is 0.467. The maximum atomic E-state index is 12.2. The van der Waals surface area contributed by atoms with Crippen molar-refractivity contribution < 1.29 is 9.59 Å². The van der Waals surface area contributed by atoms with Crippen LogP contribution in [0.25, 0.3) is 0 Å². The first-order chi connectivity index (χ1) is 9.58. The summed E-state index contributed by atoms with van der Waals surface area (Å²) >= 11 is 1.55. The van der Waals surface area contributed by atoms with E-state index in [2.05, 4.69) is 0 Å². The molecule has 2 N–H and O–H groups in total. The third kappa shape index (κ3) is 3.76. The van der Waals surface area contributed by atoms with E-state index in [0.717, 1.165) is 24.3 Å². The van der Waals surface area contributed by atoms with Gasteiger partial charge in [-0.3, -0.25) is 9.59 Å². The topological polar surface area (TPSA) is 63.4 Å². The van der Waals surface area contributed by atoms with Gasteiger partial charge < -0.3 is 10.6 Å². The van der Waals surface area contributed by atoms with Gasteiger partial charge in [0.05, 0.1) is 11.7 Å². The molecule has 1 fully saturated rings. The van der Waals surface area contributed by atoms with Gasteiger partial charge in [0.1, 0.15) is 0 Å². The summed E-state index contributed by atoms with van der Waals surface area (Å²) in [5, 5.41) is 0. The summed E-state index contributed by atoms with van der Waals surface area (Å²) in [5.41, 5.74) is 6.51. The van der Waals surface area contributed by atoms with Gasteiger partial charge in [-0.05, 0) is 31.4 Å². The number of nitrogens with two attached hydrogens (primary N) is 1. The van der Waals surface area contributed by atoms with E-state index in [9.17, 15) is 9.59 Å². The molecule has 20 heavy (non-hydrogen) atoms. The number of hydrogen-bond acceptors (Lipinski definition) is 3. The first kappa shape index (κ1) is 14.9. The van der Waals surface area contributed by atoms with Crippen LogP contribution in [0.1, 0.15) is 18.4 Å². The fourth-order valence-electron chi connectivity index (χ4n) is 2.39. The van der Waals surface area contributed by atoms with Gasteiger partial charge in [0.15, 0.2) is 0 Å². The summed E-state index contributed by atoms with van der Waals surface area (Å²) in [5.74, 6) is 0.0190. The quantitative estimate of drug-likeness (QED) is 0.861. The largest absolute Gasteiger partial charge is 0.369 e. The molecule has 4 nitrogen and oxygen atoms in total. The number of thioether (sulfide) groups is 1. The van der Waals surface area contributed by atoms with E-state index in [1.165, 1.54) is 5.56 Å². The molecule has 0 saturated carbocycles. The van der Waals surface area contributed by atoms with Gasteiger partial charge >= 0.3 is 0 Å². The number of piperidine rings is 1. The zero-order chi connectivity index (χ0) is 14.5. The number of carbonyl (C=O) groups excluding carboxylic acids is 2. The summed E-state index contributed by atoms with van der Waals surface area (Å²) in [6.45, 7) is 3.25. The highest BCUT2D eigenvalue weighted by Crippen LogP contribution is 2.23. The van der Waals surface area contributed by atoms with E-state index in [4.69, 9.17) is 5.73 Å². The van der Waals surface area contributed by atoms with Crippen molar-refractivity contribution in [1.82, 2.24) is 4.90 Å². The average molecular weight is 292 g/mol. The highest BCUT2D eigenvalue weighted by Gasteiger charge is 2.26. The van der Waals surface area contributed by atoms with Crippen LogP contribution in [-0.4, -0.2) is 35.6 Å². The molecule has 1 atom stereocenters. The first-order valence-corrected chi connectivity index (χ1v) is 7.82. The van der Waals surface area contributed by atoms with E-state index >= 15 is 0 Å².